The predicted octanol–water partition coefficient (Wildman–Crippen LogP) is 2.51. The zero-order valence-electron chi connectivity index (χ0n) is 16.2. The van der Waals surface area contributed by atoms with Gasteiger partial charge >= 0.3 is 0 Å². The molecular formula is C20H30N2O4S. The highest BCUT2D eigenvalue weighted by Crippen LogP contribution is 2.33. The summed E-state index contributed by atoms with van der Waals surface area (Å²) in [6, 6.07) is 7.81. The van der Waals surface area contributed by atoms with Gasteiger partial charge in [0.1, 0.15) is 5.75 Å². The Kier molecular flexibility index (Phi) is 6.42. The average Bonchev–Trinajstić information content (AvgIpc) is 3.51. The van der Waals surface area contributed by atoms with Crippen LogP contribution in [0.3, 0.4) is 0 Å². The molecule has 1 amide bonds. The molecule has 3 rings (SSSR count). The van der Waals surface area contributed by atoms with Gasteiger partial charge in [0.15, 0.2) is 6.61 Å². The smallest absolute Gasteiger partial charge is 0.257 e. The average molecular weight is 395 g/mol. The van der Waals surface area contributed by atoms with Gasteiger partial charge in [-0.05, 0) is 55.2 Å². The summed E-state index contributed by atoms with van der Waals surface area (Å²) >= 11 is 0. The van der Waals surface area contributed by atoms with Crippen LogP contribution in [0.4, 0.5) is 0 Å². The van der Waals surface area contributed by atoms with E-state index in [9.17, 15) is 13.2 Å². The number of benzene rings is 1. The van der Waals surface area contributed by atoms with Crippen LogP contribution in [0.15, 0.2) is 24.3 Å². The SMILES string of the molecule is CC(C)c1ccc(OCC(=O)NCC2CCN(S(=O)(=O)C3CC3)CC2)cc1. The van der Waals surface area contributed by atoms with E-state index in [1.165, 1.54) is 5.56 Å². The number of rotatable bonds is 8. The van der Waals surface area contributed by atoms with E-state index in [-0.39, 0.29) is 17.8 Å². The fourth-order valence-corrected chi connectivity index (χ4v) is 5.22. The summed E-state index contributed by atoms with van der Waals surface area (Å²) in [6.07, 6.45) is 3.20. The van der Waals surface area contributed by atoms with Gasteiger partial charge in [-0.2, -0.15) is 0 Å². The highest BCUT2D eigenvalue weighted by Gasteiger charge is 2.41. The lowest BCUT2D eigenvalue weighted by atomic mass is 9.98. The Hall–Kier alpha value is -1.60. The maximum atomic E-state index is 12.2. The van der Waals surface area contributed by atoms with Gasteiger partial charge in [0.05, 0.1) is 5.25 Å². The Bertz CT molecular complexity index is 734. The minimum absolute atomic E-state index is 0.00404. The first-order valence-corrected chi connectivity index (χ1v) is 11.3. The largest absolute Gasteiger partial charge is 0.484 e. The first-order valence-electron chi connectivity index (χ1n) is 9.84. The van der Waals surface area contributed by atoms with Crippen LogP contribution < -0.4 is 10.1 Å². The second-order valence-corrected chi connectivity index (χ2v) is 10.1. The summed E-state index contributed by atoms with van der Waals surface area (Å²) in [5.41, 5.74) is 1.24. The lowest BCUT2D eigenvalue weighted by Gasteiger charge is -2.31. The number of carbonyl (C=O) groups is 1. The van der Waals surface area contributed by atoms with Gasteiger partial charge in [-0.3, -0.25) is 4.79 Å². The molecule has 27 heavy (non-hydrogen) atoms. The van der Waals surface area contributed by atoms with Crippen LogP contribution >= 0.6 is 0 Å². The molecule has 0 spiro atoms. The van der Waals surface area contributed by atoms with Crippen molar-refractivity contribution in [3.05, 3.63) is 29.8 Å². The number of hydrogen-bond acceptors (Lipinski definition) is 4. The lowest BCUT2D eigenvalue weighted by Crippen LogP contribution is -2.43. The fourth-order valence-electron chi connectivity index (χ4n) is 3.35. The molecule has 1 aliphatic heterocycles. The van der Waals surface area contributed by atoms with E-state index in [0.717, 1.165) is 25.7 Å². The van der Waals surface area contributed by atoms with Gasteiger partial charge in [0.2, 0.25) is 10.0 Å². The second kappa shape index (κ2) is 8.61. The normalized spacial score (nSPS) is 19.2. The van der Waals surface area contributed by atoms with Gasteiger partial charge in [0, 0.05) is 19.6 Å². The van der Waals surface area contributed by atoms with Gasteiger partial charge in [0.25, 0.3) is 5.91 Å². The lowest BCUT2D eigenvalue weighted by molar-refractivity contribution is -0.123. The number of amides is 1. The van der Waals surface area contributed by atoms with Crippen molar-refractivity contribution < 1.29 is 17.9 Å². The zero-order chi connectivity index (χ0) is 19.4. The highest BCUT2D eigenvalue weighted by molar-refractivity contribution is 7.90. The third-order valence-corrected chi connectivity index (χ3v) is 7.78. The Morgan fingerprint density at radius 1 is 1.15 bits per heavy atom. The molecule has 0 bridgehead atoms. The molecule has 6 nitrogen and oxygen atoms in total. The number of carbonyl (C=O) groups excluding carboxylic acids is 1. The van der Waals surface area contributed by atoms with Crippen molar-refractivity contribution in [2.24, 2.45) is 5.92 Å². The molecule has 7 heteroatoms. The Morgan fingerprint density at radius 2 is 1.78 bits per heavy atom. The summed E-state index contributed by atoms with van der Waals surface area (Å²) in [7, 11) is -3.07. The monoisotopic (exact) mass is 394 g/mol. The van der Waals surface area contributed by atoms with Crippen molar-refractivity contribution >= 4 is 15.9 Å². The molecule has 0 aromatic heterocycles. The Balaban J connectivity index is 1.35. The molecule has 2 fully saturated rings. The molecule has 0 radical (unpaired) electrons. The number of nitrogens with zero attached hydrogens (tertiary/aromatic N) is 1. The van der Waals surface area contributed by atoms with Crippen molar-refractivity contribution in [3.63, 3.8) is 0 Å². The number of piperidine rings is 1. The fraction of sp³-hybridized carbons (Fsp3) is 0.650. The zero-order valence-corrected chi connectivity index (χ0v) is 17.0. The third-order valence-electron chi connectivity index (χ3n) is 5.38. The minimum Gasteiger partial charge on any atom is -0.484 e. The van der Waals surface area contributed by atoms with E-state index in [1.807, 2.05) is 24.3 Å². The number of nitrogens with one attached hydrogen (secondary N) is 1. The summed E-state index contributed by atoms with van der Waals surface area (Å²) in [5.74, 6) is 1.34. The van der Waals surface area contributed by atoms with E-state index < -0.39 is 10.0 Å². The number of hydrogen-bond donors (Lipinski definition) is 1. The summed E-state index contributed by atoms with van der Waals surface area (Å²) in [5, 5.41) is 2.77. The van der Waals surface area contributed by atoms with Crippen LogP contribution in [0.2, 0.25) is 0 Å². The van der Waals surface area contributed by atoms with Crippen molar-refractivity contribution in [1.29, 1.82) is 0 Å². The molecule has 1 aromatic rings. The van der Waals surface area contributed by atoms with E-state index in [2.05, 4.69) is 19.2 Å². The van der Waals surface area contributed by atoms with Crippen LogP contribution in [-0.2, 0) is 14.8 Å². The van der Waals surface area contributed by atoms with Gasteiger partial charge in [-0.25, -0.2) is 12.7 Å². The molecule has 1 heterocycles. The first-order chi connectivity index (χ1) is 12.9. The standard InChI is InChI=1S/C20H30N2O4S/c1-15(2)17-3-5-18(6-4-17)26-14-20(23)21-13-16-9-11-22(12-10-16)27(24,25)19-7-8-19/h3-6,15-16,19H,7-14H2,1-2H3,(H,21,23). The Labute approximate surface area is 162 Å². The topological polar surface area (TPSA) is 75.7 Å². The summed E-state index contributed by atoms with van der Waals surface area (Å²) < 4.78 is 31.6. The molecular weight excluding hydrogens is 364 g/mol. The predicted molar refractivity (Wildman–Crippen MR) is 105 cm³/mol. The van der Waals surface area contributed by atoms with Crippen molar-refractivity contribution in [2.75, 3.05) is 26.2 Å². The molecule has 1 aromatic carbocycles. The second-order valence-electron chi connectivity index (χ2n) is 7.90. The van der Waals surface area contributed by atoms with E-state index in [4.69, 9.17) is 4.74 Å². The molecule has 0 unspecified atom stereocenters. The Morgan fingerprint density at radius 3 is 2.33 bits per heavy atom. The van der Waals surface area contributed by atoms with Crippen LogP contribution in [0.5, 0.6) is 5.75 Å². The molecule has 150 valence electrons. The highest BCUT2D eigenvalue weighted by atomic mass is 32.2. The van der Waals surface area contributed by atoms with Crippen LogP contribution in [0, 0.1) is 5.92 Å². The van der Waals surface area contributed by atoms with Crippen LogP contribution in [-0.4, -0.2) is 50.1 Å². The molecule has 1 N–H and O–H groups in total. The summed E-state index contributed by atoms with van der Waals surface area (Å²) in [6.45, 7) is 5.97. The number of sulfonamides is 1. The maximum Gasteiger partial charge on any atom is 0.257 e. The minimum atomic E-state index is -3.07. The van der Waals surface area contributed by atoms with Crippen molar-refractivity contribution in [1.82, 2.24) is 9.62 Å². The quantitative estimate of drug-likeness (QED) is 0.735. The van der Waals surface area contributed by atoms with E-state index in [1.54, 1.807) is 4.31 Å². The first kappa shape index (κ1) is 20.1. The molecule has 1 saturated carbocycles. The van der Waals surface area contributed by atoms with Gasteiger partial charge in [-0.1, -0.05) is 26.0 Å². The number of ether oxygens (including phenoxy) is 1. The van der Waals surface area contributed by atoms with E-state index in [0.29, 0.717) is 37.2 Å². The molecule has 0 atom stereocenters. The van der Waals surface area contributed by atoms with Gasteiger partial charge < -0.3 is 10.1 Å². The van der Waals surface area contributed by atoms with Crippen LogP contribution in [0.1, 0.15) is 51.0 Å². The molecule has 1 aliphatic carbocycles. The van der Waals surface area contributed by atoms with Gasteiger partial charge in [-0.15, -0.1) is 0 Å². The van der Waals surface area contributed by atoms with Crippen LogP contribution in [0.25, 0.3) is 0 Å². The summed E-state index contributed by atoms with van der Waals surface area (Å²) in [4.78, 5) is 12.0. The maximum absolute atomic E-state index is 12.2. The molecule has 2 aliphatic rings. The third kappa shape index (κ3) is 5.45. The van der Waals surface area contributed by atoms with Crippen molar-refractivity contribution in [2.45, 2.75) is 50.7 Å². The van der Waals surface area contributed by atoms with Crippen molar-refractivity contribution in [3.8, 4) is 5.75 Å². The van der Waals surface area contributed by atoms with E-state index >= 15 is 0 Å². The molecule has 1 saturated heterocycles.